The predicted molar refractivity (Wildman–Crippen MR) is 112 cm³/mol. The summed E-state index contributed by atoms with van der Waals surface area (Å²) in [6.45, 7) is 8.13. The molecule has 0 bridgehead atoms. The number of nitrogens with zero attached hydrogens (tertiary/aromatic N) is 2. The first-order valence-corrected chi connectivity index (χ1v) is 10.6. The van der Waals surface area contributed by atoms with Crippen LogP contribution in [0, 0.1) is 5.92 Å². The van der Waals surface area contributed by atoms with E-state index in [1.807, 2.05) is 13.8 Å². The molecule has 2 aliphatic rings. The minimum Gasteiger partial charge on any atom is -0.374 e. The average Bonchev–Trinajstić information content (AvgIpc) is 3.07. The van der Waals surface area contributed by atoms with Crippen molar-refractivity contribution >= 4 is 17.5 Å². The molecule has 1 aromatic carbocycles. The van der Waals surface area contributed by atoms with Gasteiger partial charge in [-0.25, -0.2) is 0 Å². The van der Waals surface area contributed by atoms with Gasteiger partial charge in [-0.15, -0.1) is 0 Å². The zero-order valence-electron chi connectivity index (χ0n) is 17.5. The summed E-state index contributed by atoms with van der Waals surface area (Å²) in [7, 11) is 2.13. The fourth-order valence-electron chi connectivity index (χ4n) is 4.13. The molecule has 2 heterocycles. The Morgan fingerprint density at radius 1 is 1.00 bits per heavy atom. The van der Waals surface area contributed by atoms with Crippen molar-refractivity contribution in [3.63, 3.8) is 0 Å². The fraction of sp³-hybridized carbons (Fsp3) is 0.636. The zero-order chi connectivity index (χ0) is 20.1. The topological polar surface area (TPSA) is 64.7 Å². The van der Waals surface area contributed by atoms with E-state index >= 15 is 0 Å². The van der Waals surface area contributed by atoms with Crippen molar-refractivity contribution in [2.45, 2.75) is 45.6 Å². The number of benzene rings is 1. The number of piperidine rings is 1. The van der Waals surface area contributed by atoms with E-state index in [9.17, 15) is 9.59 Å². The summed E-state index contributed by atoms with van der Waals surface area (Å²) in [6.07, 6.45) is 4.71. The van der Waals surface area contributed by atoms with Gasteiger partial charge in [0.05, 0.1) is 6.04 Å². The van der Waals surface area contributed by atoms with Crippen molar-refractivity contribution in [2.75, 3.05) is 44.7 Å². The lowest BCUT2D eigenvalue weighted by Gasteiger charge is -2.35. The largest absolute Gasteiger partial charge is 0.374 e. The minimum absolute atomic E-state index is 0.110. The first-order chi connectivity index (χ1) is 13.5. The minimum atomic E-state index is -0.540. The smallest absolute Gasteiger partial charge is 0.309 e. The van der Waals surface area contributed by atoms with E-state index in [-0.39, 0.29) is 6.04 Å². The van der Waals surface area contributed by atoms with E-state index in [4.69, 9.17) is 0 Å². The molecule has 1 aromatic rings. The Kier molecular flexibility index (Phi) is 6.94. The van der Waals surface area contributed by atoms with Crippen LogP contribution in [0.4, 0.5) is 5.69 Å². The third kappa shape index (κ3) is 5.04. The highest BCUT2D eigenvalue weighted by Crippen LogP contribution is 2.32. The number of fused-ring (bicyclic) bond motifs is 1. The van der Waals surface area contributed by atoms with Crippen LogP contribution in [0.2, 0.25) is 0 Å². The van der Waals surface area contributed by atoms with Crippen LogP contribution in [-0.4, -0.2) is 56.5 Å². The Hall–Kier alpha value is -2.08. The van der Waals surface area contributed by atoms with E-state index in [1.54, 1.807) is 0 Å². The first-order valence-electron chi connectivity index (χ1n) is 10.6. The average molecular weight is 387 g/mol. The summed E-state index contributed by atoms with van der Waals surface area (Å²) in [5.74, 6) is -0.757. The molecule has 154 valence electrons. The van der Waals surface area contributed by atoms with Crippen LogP contribution >= 0.6 is 0 Å². The highest BCUT2D eigenvalue weighted by molar-refractivity contribution is 6.35. The number of anilines is 1. The van der Waals surface area contributed by atoms with Gasteiger partial charge in [-0.2, -0.15) is 0 Å². The van der Waals surface area contributed by atoms with Crippen LogP contribution in [0.5, 0.6) is 0 Å². The molecule has 6 heteroatoms. The molecule has 2 N–H and O–H groups in total. The molecule has 1 unspecified atom stereocenters. The van der Waals surface area contributed by atoms with Crippen LogP contribution < -0.4 is 15.5 Å². The maximum absolute atomic E-state index is 12.3. The van der Waals surface area contributed by atoms with Gasteiger partial charge in [0.15, 0.2) is 0 Å². The van der Waals surface area contributed by atoms with Crippen molar-refractivity contribution in [3.05, 3.63) is 29.3 Å². The van der Waals surface area contributed by atoms with Gasteiger partial charge in [-0.1, -0.05) is 32.4 Å². The lowest BCUT2D eigenvalue weighted by molar-refractivity contribution is -0.139. The second-order valence-corrected chi connectivity index (χ2v) is 8.49. The van der Waals surface area contributed by atoms with Gasteiger partial charge in [0.2, 0.25) is 0 Å². The highest BCUT2D eigenvalue weighted by Gasteiger charge is 2.26. The van der Waals surface area contributed by atoms with Gasteiger partial charge < -0.3 is 15.5 Å². The number of nitrogens with one attached hydrogen (secondary N) is 2. The number of rotatable bonds is 6. The van der Waals surface area contributed by atoms with Gasteiger partial charge >= 0.3 is 11.8 Å². The van der Waals surface area contributed by atoms with Gasteiger partial charge in [-0.05, 0) is 55.5 Å². The molecule has 0 saturated carbocycles. The number of carbonyl (C=O) groups excluding carboxylic acids is 2. The van der Waals surface area contributed by atoms with E-state index < -0.39 is 11.8 Å². The van der Waals surface area contributed by atoms with Crippen LogP contribution in [0.3, 0.4) is 0 Å². The number of hydrogen-bond acceptors (Lipinski definition) is 4. The summed E-state index contributed by atoms with van der Waals surface area (Å²) in [4.78, 5) is 29.0. The fourth-order valence-corrected chi connectivity index (χ4v) is 4.13. The standard InChI is InChI=1S/C22H34N4O2/c1-16(2)14-23-21(27)22(28)24-15-20(26-10-5-4-6-11-26)17-7-8-19-18(13-17)9-12-25(19)3/h7-8,13,16,20H,4-6,9-12,14-15H2,1-3H3,(H,23,27)(H,24,28). The second-order valence-electron chi connectivity index (χ2n) is 8.49. The van der Waals surface area contributed by atoms with Crippen molar-refractivity contribution < 1.29 is 9.59 Å². The molecule has 0 aliphatic carbocycles. The number of likely N-dealkylation sites (tertiary alicyclic amines) is 1. The maximum atomic E-state index is 12.3. The van der Waals surface area contributed by atoms with E-state index in [2.05, 4.69) is 45.7 Å². The van der Waals surface area contributed by atoms with Gasteiger partial charge in [0.1, 0.15) is 0 Å². The summed E-state index contributed by atoms with van der Waals surface area (Å²) in [5, 5.41) is 5.57. The quantitative estimate of drug-likeness (QED) is 0.735. The molecule has 0 radical (unpaired) electrons. The molecular weight excluding hydrogens is 352 g/mol. The lowest BCUT2D eigenvalue weighted by atomic mass is 9.98. The van der Waals surface area contributed by atoms with Gasteiger partial charge in [-0.3, -0.25) is 14.5 Å². The summed E-state index contributed by atoms with van der Waals surface area (Å²) in [5.41, 5.74) is 3.92. The Morgan fingerprint density at radius 3 is 2.36 bits per heavy atom. The third-order valence-corrected chi connectivity index (χ3v) is 5.78. The second kappa shape index (κ2) is 9.41. The van der Waals surface area contributed by atoms with Crippen molar-refractivity contribution in [1.29, 1.82) is 0 Å². The molecule has 6 nitrogen and oxygen atoms in total. The van der Waals surface area contributed by atoms with Crippen LogP contribution in [0.25, 0.3) is 0 Å². The zero-order valence-corrected chi connectivity index (χ0v) is 17.5. The number of likely N-dealkylation sites (N-methyl/N-ethyl adjacent to an activating group) is 1. The van der Waals surface area contributed by atoms with Gasteiger partial charge in [0.25, 0.3) is 0 Å². The Bertz CT molecular complexity index is 698. The Morgan fingerprint density at radius 2 is 1.68 bits per heavy atom. The van der Waals surface area contributed by atoms with Gasteiger partial charge in [0, 0.05) is 32.4 Å². The monoisotopic (exact) mass is 386 g/mol. The first kappa shape index (κ1) is 20.6. The number of amides is 2. The summed E-state index contributed by atoms with van der Waals surface area (Å²) >= 11 is 0. The SMILES string of the molecule is CC(C)CNC(=O)C(=O)NCC(c1ccc2c(c1)CCN2C)N1CCCCC1. The molecule has 2 aliphatic heterocycles. The van der Waals surface area contributed by atoms with Crippen molar-refractivity contribution in [3.8, 4) is 0 Å². The molecule has 3 rings (SSSR count). The molecule has 0 aromatic heterocycles. The molecule has 1 saturated heterocycles. The van der Waals surface area contributed by atoms with E-state index in [0.717, 1.165) is 26.1 Å². The summed E-state index contributed by atoms with van der Waals surface area (Å²) in [6, 6.07) is 6.79. The Balaban J connectivity index is 1.69. The third-order valence-electron chi connectivity index (χ3n) is 5.78. The van der Waals surface area contributed by atoms with Crippen molar-refractivity contribution in [2.24, 2.45) is 5.92 Å². The molecule has 1 atom stereocenters. The molecule has 28 heavy (non-hydrogen) atoms. The molecule has 0 spiro atoms. The number of hydrogen-bond donors (Lipinski definition) is 2. The van der Waals surface area contributed by atoms with Crippen LogP contribution in [0.15, 0.2) is 18.2 Å². The highest BCUT2D eigenvalue weighted by atomic mass is 16.2. The van der Waals surface area contributed by atoms with E-state index in [0.29, 0.717) is 19.0 Å². The maximum Gasteiger partial charge on any atom is 0.309 e. The molecular formula is C22H34N4O2. The summed E-state index contributed by atoms with van der Waals surface area (Å²) < 4.78 is 0. The number of carbonyl (C=O) groups is 2. The molecule has 2 amide bonds. The van der Waals surface area contributed by atoms with Crippen LogP contribution in [-0.2, 0) is 16.0 Å². The van der Waals surface area contributed by atoms with Crippen LogP contribution in [0.1, 0.15) is 50.3 Å². The van der Waals surface area contributed by atoms with Crippen molar-refractivity contribution in [1.82, 2.24) is 15.5 Å². The normalized spacial score (nSPS) is 18.1. The van der Waals surface area contributed by atoms with E-state index in [1.165, 1.54) is 36.1 Å². The predicted octanol–water partition coefficient (Wildman–Crippen LogP) is 2.09. The lowest BCUT2D eigenvalue weighted by Crippen LogP contribution is -2.45. The molecule has 1 fully saturated rings. The Labute approximate surface area is 168 Å².